The Balaban J connectivity index is 1.98. The van der Waals surface area contributed by atoms with Crippen molar-refractivity contribution >= 4 is 22.7 Å². The highest BCUT2D eigenvalue weighted by molar-refractivity contribution is 5.85. The summed E-state index contributed by atoms with van der Waals surface area (Å²) in [6, 6.07) is 7.28. The molecule has 116 valence electrons. The van der Waals surface area contributed by atoms with Crippen LogP contribution in [0.15, 0.2) is 24.3 Å². The van der Waals surface area contributed by atoms with Crippen LogP contribution in [0, 0.1) is 6.92 Å². The Morgan fingerprint density at radius 1 is 1.45 bits per heavy atom. The molecule has 0 radical (unpaired) electrons. The summed E-state index contributed by atoms with van der Waals surface area (Å²) in [4.78, 5) is 17.9. The van der Waals surface area contributed by atoms with E-state index in [4.69, 9.17) is 4.74 Å². The lowest BCUT2D eigenvalue weighted by molar-refractivity contribution is -0.139. The number of nitrogens with one attached hydrogen (secondary N) is 1. The third kappa shape index (κ3) is 2.69. The molecule has 1 atom stereocenters. The highest BCUT2D eigenvalue weighted by Crippen LogP contribution is 2.26. The summed E-state index contributed by atoms with van der Waals surface area (Å²) < 4.78 is 5.25. The molecule has 1 aliphatic heterocycles. The zero-order chi connectivity index (χ0) is 15.7. The highest BCUT2D eigenvalue weighted by Gasteiger charge is 2.25. The molecule has 0 aliphatic carbocycles. The highest BCUT2D eigenvalue weighted by atomic mass is 16.5. The Labute approximate surface area is 128 Å². The van der Waals surface area contributed by atoms with Gasteiger partial charge in [0, 0.05) is 31.1 Å². The van der Waals surface area contributed by atoms with Gasteiger partial charge < -0.3 is 20.1 Å². The number of benzene rings is 1. The van der Waals surface area contributed by atoms with E-state index in [1.165, 1.54) is 0 Å². The second-order valence-corrected chi connectivity index (χ2v) is 5.47. The first-order chi connectivity index (χ1) is 10.6. The zero-order valence-corrected chi connectivity index (χ0v) is 12.7. The fourth-order valence-corrected chi connectivity index (χ4v) is 2.78. The van der Waals surface area contributed by atoms with Crippen LogP contribution < -0.4 is 15.0 Å². The van der Waals surface area contributed by atoms with E-state index in [9.17, 15) is 9.90 Å². The number of fused-ring (bicyclic) bond motifs is 1. The Hall–Kier alpha value is -2.34. The topological polar surface area (TPSA) is 74.7 Å². The van der Waals surface area contributed by atoms with Gasteiger partial charge in [-0.2, -0.15) is 0 Å². The van der Waals surface area contributed by atoms with E-state index >= 15 is 0 Å². The van der Waals surface area contributed by atoms with Gasteiger partial charge in [0.15, 0.2) is 0 Å². The Bertz CT molecular complexity index is 717. The molecule has 1 aromatic heterocycles. The van der Waals surface area contributed by atoms with Crippen LogP contribution in [-0.2, 0) is 4.79 Å². The van der Waals surface area contributed by atoms with Crippen molar-refractivity contribution in [1.29, 1.82) is 0 Å². The second-order valence-electron chi connectivity index (χ2n) is 5.47. The van der Waals surface area contributed by atoms with E-state index in [1.807, 2.05) is 36.1 Å². The third-order valence-electron chi connectivity index (χ3n) is 4.01. The molecule has 0 saturated carbocycles. The van der Waals surface area contributed by atoms with E-state index in [0.29, 0.717) is 13.1 Å². The number of carboxylic acids is 1. The molecule has 1 aliphatic rings. The molecule has 1 fully saturated rings. The van der Waals surface area contributed by atoms with Gasteiger partial charge in [0.25, 0.3) is 0 Å². The first-order valence-corrected chi connectivity index (χ1v) is 7.25. The van der Waals surface area contributed by atoms with Crippen molar-refractivity contribution in [1.82, 2.24) is 10.3 Å². The summed E-state index contributed by atoms with van der Waals surface area (Å²) in [6.45, 7) is 3.83. The number of aromatic nitrogens is 1. The molecule has 0 bridgehead atoms. The van der Waals surface area contributed by atoms with Crippen molar-refractivity contribution in [3.05, 3.63) is 29.8 Å². The molecule has 1 saturated heterocycles. The quantitative estimate of drug-likeness (QED) is 0.893. The van der Waals surface area contributed by atoms with Gasteiger partial charge in [-0.25, -0.2) is 4.98 Å². The van der Waals surface area contributed by atoms with Crippen LogP contribution in [0.3, 0.4) is 0 Å². The molecule has 1 unspecified atom stereocenters. The number of nitrogens with zero attached hydrogens (tertiary/aromatic N) is 2. The number of carbonyl (C=O) groups is 1. The van der Waals surface area contributed by atoms with E-state index in [1.54, 1.807) is 7.11 Å². The monoisotopic (exact) mass is 301 g/mol. The van der Waals surface area contributed by atoms with Crippen molar-refractivity contribution in [2.45, 2.75) is 13.0 Å². The average Bonchev–Trinajstić information content (AvgIpc) is 2.54. The summed E-state index contributed by atoms with van der Waals surface area (Å²) in [7, 11) is 1.63. The third-order valence-corrected chi connectivity index (χ3v) is 4.01. The summed E-state index contributed by atoms with van der Waals surface area (Å²) in [5.41, 5.74) is 1.98. The minimum atomic E-state index is -0.830. The number of carboxylic acid groups (broad SMARTS) is 1. The maximum absolute atomic E-state index is 11.2. The largest absolute Gasteiger partial charge is 0.497 e. The molecule has 2 heterocycles. The van der Waals surface area contributed by atoms with Crippen molar-refractivity contribution in [2.24, 2.45) is 0 Å². The lowest BCUT2D eigenvalue weighted by atomic mass is 10.1. The maximum atomic E-state index is 11.2. The summed E-state index contributed by atoms with van der Waals surface area (Å²) in [5, 5.41) is 13.2. The molecule has 0 spiro atoms. The molecule has 1 aromatic carbocycles. The minimum absolute atomic E-state index is 0.414. The molecule has 6 heteroatoms. The van der Waals surface area contributed by atoms with E-state index in [-0.39, 0.29) is 0 Å². The molecular weight excluding hydrogens is 282 g/mol. The van der Waals surface area contributed by atoms with Gasteiger partial charge >= 0.3 is 5.97 Å². The van der Waals surface area contributed by atoms with Crippen LogP contribution in [0.2, 0.25) is 0 Å². The Morgan fingerprint density at radius 3 is 3.00 bits per heavy atom. The van der Waals surface area contributed by atoms with Gasteiger partial charge in [-0.1, -0.05) is 0 Å². The van der Waals surface area contributed by atoms with Gasteiger partial charge in [0.2, 0.25) is 0 Å². The predicted octanol–water partition coefficient (Wildman–Crippen LogP) is 1.41. The number of hydrogen-bond acceptors (Lipinski definition) is 5. The molecule has 2 N–H and O–H groups in total. The standard InChI is InChI=1S/C16H19N3O3/c1-10-7-15(19-6-5-17-14(9-19)16(20)21)18-13-8-11(22-2)3-4-12(10)13/h3-4,7-8,14,17H,5-6,9H2,1-2H3,(H,20,21). The van der Waals surface area contributed by atoms with Gasteiger partial charge in [0.1, 0.15) is 17.6 Å². The average molecular weight is 301 g/mol. The van der Waals surface area contributed by atoms with Crippen LogP contribution >= 0.6 is 0 Å². The first-order valence-electron chi connectivity index (χ1n) is 7.25. The van der Waals surface area contributed by atoms with Crippen molar-refractivity contribution in [3.8, 4) is 5.75 Å². The van der Waals surface area contributed by atoms with Crippen molar-refractivity contribution in [3.63, 3.8) is 0 Å². The number of piperazine rings is 1. The van der Waals surface area contributed by atoms with Gasteiger partial charge in [-0.15, -0.1) is 0 Å². The van der Waals surface area contributed by atoms with E-state index in [0.717, 1.165) is 34.6 Å². The normalized spacial score (nSPS) is 18.5. The van der Waals surface area contributed by atoms with Gasteiger partial charge in [-0.3, -0.25) is 4.79 Å². The lowest BCUT2D eigenvalue weighted by Gasteiger charge is -2.32. The SMILES string of the molecule is COc1ccc2c(C)cc(N3CCNC(C(=O)O)C3)nc2c1. The maximum Gasteiger partial charge on any atom is 0.322 e. The summed E-state index contributed by atoms with van der Waals surface area (Å²) >= 11 is 0. The molecular formula is C16H19N3O3. The molecule has 0 amide bonds. The van der Waals surface area contributed by atoms with Crippen molar-refractivity contribution < 1.29 is 14.6 Å². The molecule has 22 heavy (non-hydrogen) atoms. The van der Waals surface area contributed by atoms with Crippen LogP contribution in [0.25, 0.3) is 10.9 Å². The summed E-state index contributed by atoms with van der Waals surface area (Å²) in [5.74, 6) is 0.746. The fraction of sp³-hybridized carbons (Fsp3) is 0.375. The van der Waals surface area contributed by atoms with Crippen LogP contribution in [0.5, 0.6) is 5.75 Å². The Morgan fingerprint density at radius 2 is 2.27 bits per heavy atom. The van der Waals surface area contributed by atoms with E-state index < -0.39 is 12.0 Å². The Kier molecular flexibility index (Phi) is 3.85. The first kappa shape index (κ1) is 14.6. The number of pyridine rings is 1. The van der Waals surface area contributed by atoms with Crippen LogP contribution in [0.1, 0.15) is 5.56 Å². The lowest BCUT2D eigenvalue weighted by Crippen LogP contribution is -2.54. The number of methoxy groups -OCH3 is 1. The summed E-state index contributed by atoms with van der Waals surface area (Å²) in [6.07, 6.45) is 0. The molecule has 6 nitrogen and oxygen atoms in total. The van der Waals surface area contributed by atoms with Gasteiger partial charge in [0.05, 0.1) is 12.6 Å². The van der Waals surface area contributed by atoms with Crippen LogP contribution in [0.4, 0.5) is 5.82 Å². The predicted molar refractivity (Wildman–Crippen MR) is 84.7 cm³/mol. The number of aryl methyl sites for hydroxylation is 1. The molecule has 3 rings (SSSR count). The fourth-order valence-electron chi connectivity index (χ4n) is 2.78. The second kappa shape index (κ2) is 5.81. The number of hydrogen-bond donors (Lipinski definition) is 2. The minimum Gasteiger partial charge on any atom is -0.497 e. The van der Waals surface area contributed by atoms with Crippen molar-refractivity contribution in [2.75, 3.05) is 31.6 Å². The number of ether oxygens (including phenoxy) is 1. The zero-order valence-electron chi connectivity index (χ0n) is 12.7. The smallest absolute Gasteiger partial charge is 0.322 e. The van der Waals surface area contributed by atoms with E-state index in [2.05, 4.69) is 10.3 Å². The number of rotatable bonds is 3. The van der Waals surface area contributed by atoms with Gasteiger partial charge in [-0.05, 0) is 30.7 Å². The number of aliphatic carboxylic acids is 1. The number of anilines is 1. The molecule has 2 aromatic rings. The van der Waals surface area contributed by atoms with Crippen LogP contribution in [-0.4, -0.2) is 48.8 Å².